The second kappa shape index (κ2) is 8.83. The number of hydrogen-bond donors (Lipinski definition) is 1. The fourth-order valence-electron chi connectivity index (χ4n) is 7.01. The van der Waals surface area contributed by atoms with E-state index in [0.29, 0.717) is 11.7 Å². The highest BCUT2D eigenvalue weighted by molar-refractivity contribution is 5.82. The number of alkyl halides is 2. The summed E-state index contributed by atoms with van der Waals surface area (Å²) < 4.78 is 39.9. The van der Waals surface area contributed by atoms with E-state index in [1.54, 1.807) is 0 Å². The highest BCUT2D eigenvalue weighted by atomic mass is 19.3. The molecule has 2 bridgehead atoms. The number of halogens is 2. The van der Waals surface area contributed by atoms with Gasteiger partial charge in [-0.1, -0.05) is 39.8 Å². The molecule has 4 aliphatic rings. The van der Waals surface area contributed by atoms with Crippen molar-refractivity contribution in [2.75, 3.05) is 0 Å². The molecule has 1 amide bonds. The number of amides is 1. The predicted octanol–water partition coefficient (Wildman–Crippen LogP) is 6.97. The molecular weight excluding hydrogens is 464 g/mol. The van der Waals surface area contributed by atoms with Crippen LogP contribution in [-0.4, -0.2) is 35.5 Å². The van der Waals surface area contributed by atoms with Gasteiger partial charge in [0.15, 0.2) is 0 Å². The Hall–Kier alpha value is -1.92. The van der Waals surface area contributed by atoms with Gasteiger partial charge in [0.05, 0.1) is 12.2 Å². The van der Waals surface area contributed by atoms with Crippen LogP contribution in [0.4, 0.5) is 13.6 Å². The summed E-state index contributed by atoms with van der Waals surface area (Å²) in [4.78, 5) is 25.2. The Morgan fingerprint density at radius 2 is 1.81 bits per heavy atom. The van der Waals surface area contributed by atoms with Crippen LogP contribution in [0.1, 0.15) is 93.4 Å². The number of alkyl carbamates (subject to hydrolysis) is 1. The van der Waals surface area contributed by atoms with Crippen LogP contribution in [0.15, 0.2) is 23.5 Å². The van der Waals surface area contributed by atoms with Gasteiger partial charge < -0.3 is 14.8 Å². The Bertz CT molecular complexity index is 973. The second-order valence-corrected chi connectivity index (χ2v) is 13.6. The largest absolute Gasteiger partial charge is 0.490 e. The predicted molar refractivity (Wildman–Crippen MR) is 135 cm³/mol. The molecule has 5 unspecified atom stereocenters. The summed E-state index contributed by atoms with van der Waals surface area (Å²) in [5.74, 6) is -1.74. The Balaban J connectivity index is 1.59. The van der Waals surface area contributed by atoms with Crippen molar-refractivity contribution < 1.29 is 27.8 Å². The number of Topliss-reactive ketones (excluding diaryl/α,β-unsaturated/α-hetero) is 1. The molecule has 3 saturated carbocycles. The SMILES string of the molecule is C=C(O[C@@H]1C2=C(CC(=O)CC(F)(F)CC)CC3CC2C12CC(NC(=O)OC(C)(C)C)C2C3)C(C)(C)C. The lowest BCUT2D eigenvalue weighted by Gasteiger charge is -2.74. The summed E-state index contributed by atoms with van der Waals surface area (Å²) in [6.45, 7) is 17.3. The van der Waals surface area contributed by atoms with Gasteiger partial charge in [0.25, 0.3) is 5.92 Å². The summed E-state index contributed by atoms with van der Waals surface area (Å²) in [6.07, 6.45) is 1.93. The highest BCUT2D eigenvalue weighted by Gasteiger charge is 2.74. The zero-order valence-electron chi connectivity index (χ0n) is 22.9. The third-order valence-electron chi connectivity index (χ3n) is 8.83. The van der Waals surface area contributed by atoms with Crippen LogP contribution >= 0.6 is 0 Å². The Morgan fingerprint density at radius 3 is 2.39 bits per heavy atom. The number of allylic oxidation sites excluding steroid dienone is 2. The van der Waals surface area contributed by atoms with Crippen LogP contribution in [0.2, 0.25) is 0 Å². The summed E-state index contributed by atoms with van der Waals surface area (Å²) >= 11 is 0. The summed E-state index contributed by atoms with van der Waals surface area (Å²) in [5, 5.41) is 3.10. The lowest BCUT2D eigenvalue weighted by molar-refractivity contribution is -0.226. The van der Waals surface area contributed by atoms with Gasteiger partial charge in [0, 0.05) is 29.7 Å². The van der Waals surface area contributed by atoms with E-state index in [1.165, 1.54) is 6.92 Å². The minimum Gasteiger partial charge on any atom is -0.490 e. The van der Waals surface area contributed by atoms with Gasteiger partial charge in [0.1, 0.15) is 17.5 Å². The van der Waals surface area contributed by atoms with E-state index in [-0.39, 0.29) is 47.7 Å². The quantitative estimate of drug-likeness (QED) is 0.285. The van der Waals surface area contributed by atoms with Gasteiger partial charge in [-0.15, -0.1) is 0 Å². The number of ketones is 1. The first-order valence-electron chi connectivity index (χ1n) is 13.4. The molecule has 0 aliphatic heterocycles. The summed E-state index contributed by atoms with van der Waals surface area (Å²) in [6, 6.07) is 0.0205. The monoisotopic (exact) mass is 507 g/mol. The van der Waals surface area contributed by atoms with Crippen molar-refractivity contribution in [3.8, 4) is 0 Å². The van der Waals surface area contributed by atoms with Crippen LogP contribution in [0.3, 0.4) is 0 Å². The molecule has 4 aliphatic carbocycles. The van der Waals surface area contributed by atoms with Crippen LogP contribution in [-0.2, 0) is 14.3 Å². The van der Waals surface area contributed by atoms with E-state index in [0.717, 1.165) is 36.8 Å². The standard InChI is InChI=1S/C29H43F2NO4/c1-9-28(30,31)14-19(33)13-18-10-17-11-20-22(32-25(34)36-27(6,7)8)15-29(20)21(12-17)23(18)24(29)35-16(2)26(3,4)5/h17,20-22,24H,2,9-15H2,1,3-8H3,(H,32,34)/t17?,20?,21?,22?,24-,29?/m1/s1. The van der Waals surface area contributed by atoms with Crippen molar-refractivity contribution in [1.29, 1.82) is 0 Å². The average Bonchev–Trinajstić information content (AvgIpc) is 2.69. The van der Waals surface area contributed by atoms with Gasteiger partial charge in [0.2, 0.25) is 0 Å². The van der Waals surface area contributed by atoms with Gasteiger partial charge >= 0.3 is 6.09 Å². The average molecular weight is 508 g/mol. The molecule has 5 nitrogen and oxygen atoms in total. The van der Waals surface area contributed by atoms with Crippen molar-refractivity contribution in [3.05, 3.63) is 23.5 Å². The number of fused-ring (bicyclic) bond motifs is 1. The highest BCUT2D eigenvalue weighted by Crippen LogP contribution is 2.75. The minimum atomic E-state index is -2.95. The number of carbonyl (C=O) groups is 2. The first-order chi connectivity index (χ1) is 16.5. The molecule has 4 rings (SSSR count). The number of carbonyl (C=O) groups excluding carboxylic acids is 2. The van der Waals surface area contributed by atoms with E-state index < -0.39 is 29.8 Å². The van der Waals surface area contributed by atoms with Crippen molar-refractivity contribution in [1.82, 2.24) is 5.32 Å². The van der Waals surface area contributed by atoms with Crippen molar-refractivity contribution in [2.45, 2.75) is 117 Å². The molecule has 3 fully saturated rings. The topological polar surface area (TPSA) is 64.6 Å². The van der Waals surface area contributed by atoms with Gasteiger partial charge in [-0.25, -0.2) is 13.6 Å². The van der Waals surface area contributed by atoms with Gasteiger partial charge in [-0.3, -0.25) is 4.79 Å². The second-order valence-electron chi connectivity index (χ2n) is 13.6. The molecule has 36 heavy (non-hydrogen) atoms. The Labute approximate surface area is 214 Å². The van der Waals surface area contributed by atoms with Crippen LogP contribution < -0.4 is 5.32 Å². The molecule has 0 aromatic heterocycles. The first-order valence-corrected chi connectivity index (χ1v) is 13.4. The minimum absolute atomic E-state index is 0.0205. The van der Waals surface area contributed by atoms with Crippen LogP contribution in [0.25, 0.3) is 0 Å². The molecule has 7 heteroatoms. The third-order valence-corrected chi connectivity index (χ3v) is 8.83. The smallest absolute Gasteiger partial charge is 0.407 e. The molecule has 1 N–H and O–H groups in total. The van der Waals surface area contributed by atoms with Crippen LogP contribution in [0.5, 0.6) is 0 Å². The fraction of sp³-hybridized carbons (Fsp3) is 0.793. The van der Waals surface area contributed by atoms with Crippen molar-refractivity contribution >= 4 is 11.9 Å². The molecule has 202 valence electrons. The van der Waals surface area contributed by atoms with E-state index in [1.807, 2.05) is 20.8 Å². The van der Waals surface area contributed by atoms with E-state index >= 15 is 0 Å². The Kier molecular flexibility index (Phi) is 6.66. The van der Waals surface area contributed by atoms with Crippen LogP contribution in [0, 0.1) is 28.6 Å². The molecule has 0 aromatic rings. The number of nitrogens with one attached hydrogen (secondary N) is 1. The molecule has 1 spiro atoms. The molecule has 0 saturated heterocycles. The van der Waals surface area contributed by atoms with E-state index in [2.05, 4.69) is 32.7 Å². The summed E-state index contributed by atoms with van der Waals surface area (Å²) in [7, 11) is 0. The lowest BCUT2D eigenvalue weighted by Crippen LogP contribution is -2.76. The maximum atomic E-state index is 13.9. The zero-order valence-corrected chi connectivity index (χ0v) is 22.9. The number of rotatable bonds is 8. The fourth-order valence-corrected chi connectivity index (χ4v) is 7.01. The maximum absolute atomic E-state index is 13.9. The normalized spacial score (nSPS) is 33.1. The molecule has 0 aromatic carbocycles. The summed E-state index contributed by atoms with van der Waals surface area (Å²) in [5.41, 5.74) is 1.23. The molecule has 0 heterocycles. The molecule has 0 radical (unpaired) electrons. The van der Waals surface area contributed by atoms with E-state index in [9.17, 15) is 18.4 Å². The van der Waals surface area contributed by atoms with Gasteiger partial charge in [-0.05, 0) is 69.8 Å². The first kappa shape index (κ1) is 27.1. The zero-order chi connectivity index (χ0) is 26.8. The molecular formula is C29H43F2NO4. The number of hydrogen-bond acceptors (Lipinski definition) is 4. The van der Waals surface area contributed by atoms with E-state index in [4.69, 9.17) is 9.47 Å². The van der Waals surface area contributed by atoms with Crippen molar-refractivity contribution in [3.63, 3.8) is 0 Å². The van der Waals surface area contributed by atoms with Gasteiger partial charge in [-0.2, -0.15) is 0 Å². The molecule has 6 atom stereocenters. The lowest BCUT2D eigenvalue weighted by atomic mass is 9.32. The Morgan fingerprint density at radius 1 is 1.14 bits per heavy atom. The third kappa shape index (κ3) is 4.83. The van der Waals surface area contributed by atoms with Crippen molar-refractivity contribution in [2.24, 2.45) is 28.6 Å². The maximum Gasteiger partial charge on any atom is 0.407 e. The number of ether oxygens (including phenoxy) is 2.